The zero-order valence-corrected chi connectivity index (χ0v) is 33.8. The number of rotatable bonds is 3. The second-order valence-corrected chi connectivity index (χ2v) is 15.9. The molecule has 0 amide bonds. The third kappa shape index (κ3) is 11.3. The maximum absolute atomic E-state index is 3.67. The Morgan fingerprint density at radius 3 is 1.84 bits per heavy atom. The van der Waals surface area contributed by atoms with Crippen LogP contribution in [0.2, 0.25) is 0 Å². The van der Waals surface area contributed by atoms with Gasteiger partial charge in [0.25, 0.3) is 0 Å². The van der Waals surface area contributed by atoms with Crippen molar-refractivity contribution in [3.8, 4) is 11.1 Å². The number of benzene rings is 3. The predicted octanol–water partition coefficient (Wildman–Crippen LogP) is 5.49. The molecule has 0 aromatic heterocycles. The van der Waals surface area contributed by atoms with E-state index < -0.39 is 0 Å². The van der Waals surface area contributed by atoms with Gasteiger partial charge in [-0.25, -0.2) is 5.57 Å². The maximum Gasteiger partial charge on any atom is -1.00 e. The average molecular weight is 721 g/mol. The van der Waals surface area contributed by atoms with Crippen molar-refractivity contribution in [1.29, 1.82) is 0 Å². The van der Waals surface area contributed by atoms with E-state index in [0.29, 0.717) is 11.3 Å². The van der Waals surface area contributed by atoms with E-state index in [2.05, 4.69) is 160 Å². The summed E-state index contributed by atoms with van der Waals surface area (Å²) in [6.45, 7) is 27.0. The Kier molecular flexibility index (Phi) is 15.7. The second kappa shape index (κ2) is 17.0. The van der Waals surface area contributed by atoms with Crippen LogP contribution in [-0.2, 0) is 41.5 Å². The summed E-state index contributed by atoms with van der Waals surface area (Å²) in [6.07, 6.45) is 9.31. The van der Waals surface area contributed by atoms with Crippen molar-refractivity contribution in [1.82, 2.24) is 0 Å². The van der Waals surface area contributed by atoms with Crippen molar-refractivity contribution in [2.45, 2.75) is 113 Å². The van der Waals surface area contributed by atoms with Crippen LogP contribution in [0.25, 0.3) is 11.1 Å². The van der Waals surface area contributed by atoms with Crippen LogP contribution in [0.4, 0.5) is 0 Å². The van der Waals surface area contributed by atoms with Crippen LogP contribution in [0.15, 0.2) is 71.8 Å². The molecule has 0 saturated heterocycles. The van der Waals surface area contributed by atoms with E-state index in [0.717, 1.165) is 12.8 Å². The molecule has 45 heavy (non-hydrogen) atoms. The third-order valence-corrected chi connectivity index (χ3v) is 9.18. The van der Waals surface area contributed by atoms with E-state index in [1.54, 1.807) is 0 Å². The molecule has 3 aromatic carbocycles. The molecule has 5 rings (SSSR count). The monoisotopic (exact) mass is 718 g/mol. The molecule has 1 unspecified atom stereocenters. The molecule has 3 heteroatoms. The molecule has 0 heterocycles. The van der Waals surface area contributed by atoms with Crippen LogP contribution >= 0.6 is 0 Å². The Morgan fingerprint density at radius 1 is 0.778 bits per heavy atom. The first-order valence-corrected chi connectivity index (χ1v) is 17.5. The average Bonchev–Trinajstić information content (AvgIpc) is 3.54. The third-order valence-electron chi connectivity index (χ3n) is 8.36. The largest absolute Gasteiger partial charge is 1.00 e. The van der Waals surface area contributed by atoms with E-state index in [1.165, 1.54) is 86.3 Å². The van der Waals surface area contributed by atoms with Crippen molar-refractivity contribution < 1.29 is 49.0 Å². The summed E-state index contributed by atoms with van der Waals surface area (Å²) in [4.78, 5) is 0. The van der Waals surface area contributed by atoms with E-state index in [-0.39, 0.29) is 35.6 Å². The minimum atomic E-state index is 0. The fourth-order valence-electron chi connectivity index (χ4n) is 5.55. The fourth-order valence-corrected chi connectivity index (χ4v) is 6.02. The summed E-state index contributed by atoms with van der Waals surface area (Å²) < 4.78 is 2.19. The molecule has 3 aromatic rings. The van der Waals surface area contributed by atoms with Gasteiger partial charge < -0.3 is 24.8 Å². The summed E-state index contributed by atoms with van der Waals surface area (Å²) in [5.41, 5.74) is 14.6. The molecule has 0 radical (unpaired) electrons. The molecule has 0 saturated carbocycles. The number of fused-ring (bicyclic) bond motifs is 3. The Morgan fingerprint density at radius 2 is 1.38 bits per heavy atom. The van der Waals surface area contributed by atoms with E-state index in [9.17, 15) is 0 Å². The normalized spacial score (nSPS) is 15.0. The van der Waals surface area contributed by atoms with Gasteiger partial charge >= 0.3 is 70.3 Å². The van der Waals surface area contributed by atoms with Crippen LogP contribution in [0.1, 0.15) is 122 Å². The van der Waals surface area contributed by atoms with Gasteiger partial charge in [-0.2, -0.15) is 35.4 Å². The molecule has 0 nitrogen and oxygen atoms in total. The molecule has 2 aliphatic carbocycles. The van der Waals surface area contributed by atoms with Gasteiger partial charge in [-0.3, -0.25) is 6.08 Å². The minimum absolute atomic E-state index is 0. The van der Waals surface area contributed by atoms with Crippen molar-refractivity contribution in [2.24, 2.45) is 11.3 Å². The number of hydrogen-bond donors (Lipinski definition) is 0. The number of halogens is 2. The first-order valence-electron chi connectivity index (χ1n) is 16.1. The smallest absolute Gasteiger partial charge is 1.00 e. The summed E-state index contributed by atoms with van der Waals surface area (Å²) in [5, 5.41) is 0. The molecule has 0 spiro atoms. The molecule has 0 aliphatic heterocycles. The summed E-state index contributed by atoms with van der Waals surface area (Å²) in [6, 6.07) is 23.7. The van der Waals surface area contributed by atoms with Gasteiger partial charge in [0.1, 0.15) is 0 Å². The standard InChI is InChI=1S/C21H25.C13H21.C8H8.2ClH.Zr/c1-20(2,3)16-7-9-18-14(12-16)11-15-13-17(21(4,5)6)8-10-19(15)18;1-6-10-8-11(7-2)12(9-10)13(3,4)5;1-7-3-5-8(2)6-4-7;;;/h7-10,12H,11H2,1-6H3;9-10H,6-7H2,1-5H3;1,3-6H,2H3;2*1H;/q2*-1;;;;+2/p-2. The number of hydrogen-bond acceptors (Lipinski definition) is 0. The molecular formula is C42H54Cl2Zr-2. The molecule has 0 N–H and O–H groups in total. The Hall–Kier alpha value is -1.53. The molecule has 2 aliphatic rings. The predicted molar refractivity (Wildman–Crippen MR) is 186 cm³/mol. The van der Waals surface area contributed by atoms with Crippen molar-refractivity contribution in [3.05, 3.63) is 117 Å². The van der Waals surface area contributed by atoms with Gasteiger partial charge in [0.15, 0.2) is 0 Å². The molecule has 0 bridgehead atoms. The van der Waals surface area contributed by atoms with Crippen molar-refractivity contribution >= 4 is 3.71 Å². The zero-order chi connectivity index (χ0) is 32.2. The Balaban J connectivity index is 0.000000363. The number of aryl methyl sites for hydroxylation is 1. The van der Waals surface area contributed by atoms with Gasteiger partial charge in [-0.1, -0.05) is 124 Å². The van der Waals surface area contributed by atoms with Crippen LogP contribution in [0, 0.1) is 30.4 Å². The zero-order valence-electron chi connectivity index (χ0n) is 29.8. The molecule has 1 atom stereocenters. The summed E-state index contributed by atoms with van der Waals surface area (Å²) in [7, 11) is 0. The van der Waals surface area contributed by atoms with Gasteiger partial charge in [-0.15, -0.1) is 11.1 Å². The minimum Gasteiger partial charge on any atom is -1.00 e. The fraction of sp³-hybridized carbons (Fsp3) is 0.452. The van der Waals surface area contributed by atoms with Crippen LogP contribution < -0.4 is 24.8 Å². The van der Waals surface area contributed by atoms with Gasteiger partial charge in [0.2, 0.25) is 0 Å². The van der Waals surface area contributed by atoms with Crippen LogP contribution in [0.3, 0.4) is 0 Å². The SMILES string of the molecule is CC(C)(C)c1[c-]c2c(cc1)-c1ccc(C(C)(C)C)cc1C2.CCC1=[C-]C(CC)C=C1C(C)(C)C.Cc1ccc([CH]=[Zr+2])cc1.[Cl-].[Cl-]. The van der Waals surface area contributed by atoms with Crippen molar-refractivity contribution in [3.63, 3.8) is 0 Å². The van der Waals surface area contributed by atoms with Crippen LogP contribution in [-0.4, -0.2) is 3.71 Å². The van der Waals surface area contributed by atoms with Gasteiger partial charge in [0, 0.05) is 0 Å². The quantitative estimate of drug-likeness (QED) is 0.246. The first-order chi connectivity index (χ1) is 20.0. The second-order valence-electron chi connectivity index (χ2n) is 15.2. The summed E-state index contributed by atoms with van der Waals surface area (Å²) in [5.74, 6) is 0.573. The van der Waals surface area contributed by atoms with Crippen LogP contribution in [0.5, 0.6) is 0 Å². The Labute approximate surface area is 303 Å². The first kappa shape index (κ1) is 41.5. The number of allylic oxidation sites excluding steroid dienone is 4. The van der Waals surface area contributed by atoms with E-state index in [4.69, 9.17) is 0 Å². The molecule has 242 valence electrons. The van der Waals surface area contributed by atoms with Gasteiger partial charge in [0.05, 0.1) is 0 Å². The maximum atomic E-state index is 3.67. The molecular weight excluding hydrogens is 667 g/mol. The molecule has 0 fully saturated rings. The summed E-state index contributed by atoms with van der Waals surface area (Å²) >= 11 is 1.47. The topological polar surface area (TPSA) is 0 Å². The van der Waals surface area contributed by atoms with E-state index in [1.807, 2.05) is 0 Å². The van der Waals surface area contributed by atoms with Gasteiger partial charge in [-0.05, 0) is 28.4 Å². The Bertz CT molecular complexity index is 1410. The van der Waals surface area contributed by atoms with Crippen molar-refractivity contribution in [2.75, 3.05) is 0 Å². The van der Waals surface area contributed by atoms with E-state index >= 15 is 0 Å².